The number of hydrogen-bond donors (Lipinski definition) is 4. The number of aromatic nitrogens is 3. The van der Waals surface area contributed by atoms with Crippen molar-refractivity contribution in [1.29, 1.82) is 10.5 Å². The number of para-hydroxylation sites is 2. The molecule has 10 heteroatoms. The SMILES string of the molecule is N#CNC1=NC(c2ccc(-n3cnc4ccccc43)cc2)c2c(nc(N)c(C#N)c2N)N1. The van der Waals surface area contributed by atoms with Crippen LogP contribution in [0.4, 0.5) is 17.3 Å². The molecular weight excluding hydrogens is 404 g/mol. The van der Waals surface area contributed by atoms with E-state index in [1.165, 1.54) is 0 Å². The van der Waals surface area contributed by atoms with Crippen LogP contribution >= 0.6 is 0 Å². The molecule has 4 aromatic rings. The van der Waals surface area contributed by atoms with E-state index < -0.39 is 6.04 Å². The summed E-state index contributed by atoms with van der Waals surface area (Å²) >= 11 is 0. The van der Waals surface area contributed by atoms with E-state index in [-0.39, 0.29) is 23.0 Å². The third-order valence-electron chi connectivity index (χ3n) is 5.30. The molecule has 10 nitrogen and oxygen atoms in total. The zero-order chi connectivity index (χ0) is 22.2. The molecule has 1 atom stereocenters. The predicted molar refractivity (Wildman–Crippen MR) is 120 cm³/mol. The summed E-state index contributed by atoms with van der Waals surface area (Å²) in [5, 5.41) is 23.9. The molecule has 3 heterocycles. The minimum absolute atomic E-state index is 0.00976. The van der Waals surface area contributed by atoms with Gasteiger partial charge in [-0.2, -0.15) is 10.5 Å². The van der Waals surface area contributed by atoms with Crippen molar-refractivity contribution in [1.82, 2.24) is 19.9 Å². The van der Waals surface area contributed by atoms with Crippen molar-refractivity contribution < 1.29 is 0 Å². The number of nitriles is 2. The summed E-state index contributed by atoms with van der Waals surface area (Å²) < 4.78 is 1.99. The normalized spacial score (nSPS) is 14.6. The summed E-state index contributed by atoms with van der Waals surface area (Å²) in [7, 11) is 0. The van der Waals surface area contributed by atoms with Crippen LogP contribution in [0.25, 0.3) is 16.7 Å². The fraction of sp³-hybridized carbons (Fsp3) is 0.0455. The van der Waals surface area contributed by atoms with E-state index in [9.17, 15) is 5.26 Å². The Morgan fingerprint density at radius 2 is 1.84 bits per heavy atom. The minimum Gasteiger partial charge on any atom is -0.397 e. The maximum absolute atomic E-state index is 9.45. The highest BCUT2D eigenvalue weighted by atomic mass is 15.2. The van der Waals surface area contributed by atoms with Crippen LogP contribution in [0.1, 0.15) is 22.7 Å². The molecule has 0 amide bonds. The molecule has 0 saturated carbocycles. The Labute approximate surface area is 182 Å². The summed E-state index contributed by atoms with van der Waals surface area (Å²) in [6.07, 6.45) is 3.61. The standard InChI is InChI=1S/C22H16N10/c23-9-14-18(25)17-19(29-22(27-10-24)31-21(17)30-20(14)26)12-5-7-13(8-6-12)32-11-28-15-3-1-2-4-16(15)32/h1-8,11,19H,(H6,25,26,27,29,30,31). The lowest BCUT2D eigenvalue weighted by molar-refractivity contribution is 0.846. The van der Waals surface area contributed by atoms with Gasteiger partial charge in [-0.15, -0.1) is 0 Å². The second-order valence-electron chi connectivity index (χ2n) is 7.10. The first-order valence-electron chi connectivity index (χ1n) is 9.62. The van der Waals surface area contributed by atoms with Crippen LogP contribution in [-0.4, -0.2) is 20.5 Å². The van der Waals surface area contributed by atoms with E-state index in [1.54, 1.807) is 6.33 Å². The summed E-state index contributed by atoms with van der Waals surface area (Å²) in [5.41, 5.74) is 16.6. The first kappa shape index (κ1) is 18.9. The van der Waals surface area contributed by atoms with Gasteiger partial charge in [0.25, 0.3) is 0 Å². The number of anilines is 3. The molecule has 1 unspecified atom stereocenters. The third-order valence-corrected chi connectivity index (χ3v) is 5.30. The quantitative estimate of drug-likeness (QED) is 0.283. The van der Waals surface area contributed by atoms with Gasteiger partial charge in [0.2, 0.25) is 5.96 Å². The van der Waals surface area contributed by atoms with Gasteiger partial charge in [0.15, 0.2) is 6.19 Å². The highest BCUT2D eigenvalue weighted by molar-refractivity contribution is 5.98. The number of nitrogens with one attached hydrogen (secondary N) is 2. The molecule has 154 valence electrons. The fourth-order valence-electron chi connectivity index (χ4n) is 3.80. The molecule has 1 aliphatic rings. The Kier molecular flexibility index (Phi) is 4.32. The molecular formula is C22H16N10. The molecule has 32 heavy (non-hydrogen) atoms. The van der Waals surface area contributed by atoms with Gasteiger partial charge in [0.1, 0.15) is 35.6 Å². The van der Waals surface area contributed by atoms with Gasteiger partial charge in [-0.05, 0) is 29.8 Å². The molecule has 0 spiro atoms. The van der Waals surface area contributed by atoms with Gasteiger partial charge in [0, 0.05) is 11.3 Å². The number of nitrogens with two attached hydrogens (primary N) is 2. The van der Waals surface area contributed by atoms with Gasteiger partial charge in [-0.25, -0.2) is 15.0 Å². The van der Waals surface area contributed by atoms with Crippen molar-refractivity contribution >= 4 is 34.3 Å². The van der Waals surface area contributed by atoms with Gasteiger partial charge < -0.3 is 16.8 Å². The average molecular weight is 420 g/mol. The van der Waals surface area contributed by atoms with Crippen molar-refractivity contribution in [3.63, 3.8) is 0 Å². The van der Waals surface area contributed by atoms with Crippen LogP contribution in [0.15, 0.2) is 59.9 Å². The minimum atomic E-state index is -0.587. The molecule has 0 radical (unpaired) electrons. The molecule has 6 N–H and O–H groups in total. The Balaban J connectivity index is 1.61. The predicted octanol–water partition coefficient (Wildman–Crippen LogP) is 2.40. The van der Waals surface area contributed by atoms with Gasteiger partial charge in [-0.3, -0.25) is 9.88 Å². The lowest BCUT2D eigenvalue weighted by Crippen LogP contribution is -2.32. The number of imidazole rings is 1. The highest BCUT2D eigenvalue weighted by Gasteiger charge is 2.29. The molecule has 0 aliphatic carbocycles. The van der Waals surface area contributed by atoms with Gasteiger partial charge >= 0.3 is 0 Å². The molecule has 1 aliphatic heterocycles. The summed E-state index contributed by atoms with van der Waals surface area (Å²) in [6, 6.07) is 17.0. The van der Waals surface area contributed by atoms with Crippen LogP contribution in [0.2, 0.25) is 0 Å². The molecule has 5 rings (SSSR count). The summed E-state index contributed by atoms with van der Waals surface area (Å²) in [5.74, 6) is 0.572. The number of nitrogens with zero attached hydrogens (tertiary/aromatic N) is 6. The van der Waals surface area contributed by atoms with Crippen molar-refractivity contribution in [3.8, 4) is 17.9 Å². The zero-order valence-corrected chi connectivity index (χ0v) is 16.6. The van der Waals surface area contributed by atoms with Crippen molar-refractivity contribution in [2.45, 2.75) is 6.04 Å². The Hall–Kier alpha value is -5.09. The van der Waals surface area contributed by atoms with Crippen LogP contribution in [0, 0.1) is 22.8 Å². The number of aliphatic imine (C=N–C) groups is 1. The molecule has 2 aromatic heterocycles. The number of benzene rings is 2. The van der Waals surface area contributed by atoms with Crippen LogP contribution in [0.3, 0.4) is 0 Å². The van der Waals surface area contributed by atoms with Crippen molar-refractivity contribution in [2.24, 2.45) is 4.99 Å². The van der Waals surface area contributed by atoms with E-state index in [1.807, 2.05) is 65.4 Å². The Bertz CT molecular complexity index is 1470. The largest absolute Gasteiger partial charge is 0.397 e. The molecule has 0 fully saturated rings. The second kappa shape index (κ2) is 7.31. The van der Waals surface area contributed by atoms with Gasteiger partial charge in [-0.1, -0.05) is 24.3 Å². The van der Waals surface area contributed by atoms with E-state index >= 15 is 0 Å². The van der Waals surface area contributed by atoms with Crippen LogP contribution < -0.4 is 22.1 Å². The molecule has 0 saturated heterocycles. The second-order valence-corrected chi connectivity index (χ2v) is 7.10. The number of guanidine groups is 1. The van der Waals surface area contributed by atoms with Crippen LogP contribution in [-0.2, 0) is 0 Å². The van der Waals surface area contributed by atoms with Crippen LogP contribution in [0.5, 0.6) is 0 Å². The van der Waals surface area contributed by atoms with Crippen molar-refractivity contribution in [3.05, 3.63) is 71.5 Å². The van der Waals surface area contributed by atoms with E-state index in [0.29, 0.717) is 11.4 Å². The van der Waals surface area contributed by atoms with Crippen molar-refractivity contribution in [2.75, 3.05) is 16.8 Å². The Morgan fingerprint density at radius 3 is 2.59 bits per heavy atom. The number of hydrogen-bond acceptors (Lipinski definition) is 9. The Morgan fingerprint density at radius 1 is 1.06 bits per heavy atom. The summed E-state index contributed by atoms with van der Waals surface area (Å²) in [6.45, 7) is 0. The maximum atomic E-state index is 9.45. The lowest BCUT2D eigenvalue weighted by Gasteiger charge is -2.26. The first-order chi connectivity index (χ1) is 15.6. The number of nitrogen functional groups attached to an aromatic ring is 2. The fourth-order valence-corrected chi connectivity index (χ4v) is 3.80. The topological polar surface area (TPSA) is 167 Å². The van der Waals surface area contributed by atoms with Gasteiger partial charge in [0.05, 0.1) is 16.7 Å². The average Bonchev–Trinajstić information content (AvgIpc) is 3.23. The highest BCUT2D eigenvalue weighted by Crippen LogP contribution is 2.40. The number of rotatable bonds is 2. The number of pyridine rings is 1. The number of fused-ring (bicyclic) bond motifs is 2. The maximum Gasteiger partial charge on any atom is 0.211 e. The smallest absolute Gasteiger partial charge is 0.211 e. The lowest BCUT2D eigenvalue weighted by atomic mass is 9.95. The molecule has 2 aromatic carbocycles. The summed E-state index contributed by atoms with van der Waals surface area (Å²) in [4.78, 5) is 13.3. The molecule has 0 bridgehead atoms. The monoisotopic (exact) mass is 420 g/mol. The first-order valence-corrected chi connectivity index (χ1v) is 9.62. The third kappa shape index (κ3) is 2.91. The van der Waals surface area contributed by atoms with E-state index in [0.717, 1.165) is 22.3 Å². The zero-order valence-electron chi connectivity index (χ0n) is 16.6. The van der Waals surface area contributed by atoms with E-state index in [4.69, 9.17) is 16.7 Å². The van der Waals surface area contributed by atoms with E-state index in [2.05, 4.69) is 25.6 Å².